The van der Waals surface area contributed by atoms with Crippen molar-refractivity contribution in [3.05, 3.63) is 76.3 Å². The number of aryl methyl sites for hydroxylation is 1. The van der Waals surface area contributed by atoms with Crippen LogP contribution in [0.4, 0.5) is 0 Å². The molecule has 2 aromatic rings. The highest BCUT2D eigenvalue weighted by atomic mass is 35.5. The van der Waals surface area contributed by atoms with Crippen LogP contribution in [0.1, 0.15) is 21.5 Å². The summed E-state index contributed by atoms with van der Waals surface area (Å²) in [5.74, 6) is -1.82. The number of hydrazine groups is 1. The molecule has 0 aliphatic rings. The zero-order chi connectivity index (χ0) is 18.9. The second-order valence-corrected chi connectivity index (χ2v) is 5.73. The van der Waals surface area contributed by atoms with Gasteiger partial charge in [-0.25, -0.2) is 4.79 Å². The number of carbonyl (C=O) groups excluding carboxylic acids is 3. The summed E-state index contributed by atoms with van der Waals surface area (Å²) in [6, 6.07) is 13.7. The van der Waals surface area contributed by atoms with E-state index < -0.39 is 24.4 Å². The van der Waals surface area contributed by atoms with Gasteiger partial charge in [0.1, 0.15) is 0 Å². The second kappa shape index (κ2) is 9.39. The number of hydrogen-bond donors (Lipinski definition) is 2. The molecule has 134 valence electrons. The maximum Gasteiger partial charge on any atom is 0.331 e. The maximum absolute atomic E-state index is 11.7. The highest BCUT2D eigenvalue weighted by Crippen LogP contribution is 2.17. The van der Waals surface area contributed by atoms with Gasteiger partial charge in [-0.2, -0.15) is 0 Å². The van der Waals surface area contributed by atoms with Crippen LogP contribution in [0.2, 0.25) is 5.02 Å². The van der Waals surface area contributed by atoms with Gasteiger partial charge in [0.2, 0.25) is 0 Å². The molecule has 26 heavy (non-hydrogen) atoms. The number of rotatable bonds is 5. The Morgan fingerprint density at radius 1 is 1.08 bits per heavy atom. The molecule has 0 aliphatic carbocycles. The van der Waals surface area contributed by atoms with Crippen molar-refractivity contribution in [3.63, 3.8) is 0 Å². The maximum atomic E-state index is 11.7. The van der Waals surface area contributed by atoms with Crippen molar-refractivity contribution < 1.29 is 19.1 Å². The molecule has 0 heterocycles. The van der Waals surface area contributed by atoms with E-state index in [1.54, 1.807) is 42.5 Å². The first-order chi connectivity index (χ1) is 12.5. The van der Waals surface area contributed by atoms with Crippen molar-refractivity contribution in [3.8, 4) is 0 Å². The molecule has 2 amide bonds. The average Bonchev–Trinajstić information content (AvgIpc) is 2.66. The minimum atomic E-state index is -0.689. The van der Waals surface area contributed by atoms with Crippen LogP contribution in [0, 0.1) is 6.92 Å². The Bertz CT molecular complexity index is 835. The van der Waals surface area contributed by atoms with E-state index >= 15 is 0 Å². The summed E-state index contributed by atoms with van der Waals surface area (Å²) < 4.78 is 4.80. The highest BCUT2D eigenvalue weighted by Gasteiger charge is 2.08. The van der Waals surface area contributed by atoms with Crippen LogP contribution in [0.25, 0.3) is 6.08 Å². The summed E-state index contributed by atoms with van der Waals surface area (Å²) in [5, 5.41) is 0.592. The predicted molar refractivity (Wildman–Crippen MR) is 98.2 cm³/mol. The van der Waals surface area contributed by atoms with Crippen LogP contribution in [-0.2, 0) is 14.3 Å². The van der Waals surface area contributed by atoms with E-state index in [-0.39, 0.29) is 0 Å². The molecule has 2 rings (SSSR count). The van der Waals surface area contributed by atoms with Crippen molar-refractivity contribution in [1.82, 2.24) is 10.9 Å². The van der Waals surface area contributed by atoms with Crippen molar-refractivity contribution in [1.29, 1.82) is 0 Å². The molecular weight excluding hydrogens is 356 g/mol. The third-order valence-corrected chi connectivity index (χ3v) is 3.71. The van der Waals surface area contributed by atoms with Crippen LogP contribution in [0.3, 0.4) is 0 Å². The lowest BCUT2D eigenvalue weighted by atomic mass is 10.1. The van der Waals surface area contributed by atoms with Gasteiger partial charge in [-0.3, -0.25) is 20.4 Å². The fourth-order valence-electron chi connectivity index (χ4n) is 1.89. The molecule has 0 bridgehead atoms. The first-order valence-electron chi connectivity index (χ1n) is 7.71. The van der Waals surface area contributed by atoms with Crippen molar-refractivity contribution in [2.45, 2.75) is 6.92 Å². The van der Waals surface area contributed by atoms with Gasteiger partial charge in [0, 0.05) is 16.7 Å². The quantitative estimate of drug-likeness (QED) is 0.480. The summed E-state index contributed by atoms with van der Waals surface area (Å²) in [5.41, 5.74) is 6.45. The number of ether oxygens (including phenoxy) is 1. The zero-order valence-electron chi connectivity index (χ0n) is 14.0. The van der Waals surface area contributed by atoms with Crippen LogP contribution in [0.15, 0.2) is 54.6 Å². The first-order valence-corrected chi connectivity index (χ1v) is 8.09. The van der Waals surface area contributed by atoms with Crippen molar-refractivity contribution in [2.75, 3.05) is 6.61 Å². The molecule has 2 aromatic carbocycles. The number of hydrogen-bond acceptors (Lipinski definition) is 4. The van der Waals surface area contributed by atoms with Gasteiger partial charge >= 0.3 is 5.97 Å². The van der Waals surface area contributed by atoms with Gasteiger partial charge in [-0.05, 0) is 42.3 Å². The molecule has 0 aliphatic heterocycles. The monoisotopic (exact) mass is 372 g/mol. The van der Waals surface area contributed by atoms with Crippen LogP contribution in [-0.4, -0.2) is 24.4 Å². The Morgan fingerprint density at radius 3 is 2.50 bits per heavy atom. The Labute approximate surface area is 155 Å². The molecule has 7 heteroatoms. The number of esters is 1. The van der Waals surface area contributed by atoms with Crippen LogP contribution < -0.4 is 10.9 Å². The molecule has 0 aromatic heterocycles. The minimum Gasteiger partial charge on any atom is -0.452 e. The Hall–Kier alpha value is -3.12. The lowest BCUT2D eigenvalue weighted by Crippen LogP contribution is -2.43. The first kappa shape index (κ1) is 19.2. The van der Waals surface area contributed by atoms with E-state index in [1.165, 1.54) is 12.2 Å². The van der Waals surface area contributed by atoms with E-state index in [1.807, 2.05) is 13.0 Å². The SMILES string of the molecule is Cc1ccc(/C=C/C(=O)OCC(=O)NNC(=O)c2ccccc2)cc1Cl. The average molecular weight is 373 g/mol. The fourth-order valence-corrected chi connectivity index (χ4v) is 2.08. The number of amides is 2. The highest BCUT2D eigenvalue weighted by molar-refractivity contribution is 6.31. The molecule has 6 nitrogen and oxygen atoms in total. The molecule has 0 fully saturated rings. The largest absolute Gasteiger partial charge is 0.452 e. The smallest absolute Gasteiger partial charge is 0.331 e. The third-order valence-electron chi connectivity index (χ3n) is 3.30. The van der Waals surface area contributed by atoms with E-state index in [9.17, 15) is 14.4 Å². The third kappa shape index (κ3) is 6.07. The van der Waals surface area contributed by atoms with Gasteiger partial charge in [-0.15, -0.1) is 0 Å². The molecule has 0 spiro atoms. The fraction of sp³-hybridized carbons (Fsp3) is 0.105. The number of halogens is 1. The molecule has 0 saturated carbocycles. The summed E-state index contributed by atoms with van der Waals surface area (Å²) in [6.45, 7) is 1.35. The van der Waals surface area contributed by atoms with Crippen LogP contribution >= 0.6 is 11.6 Å². The molecule has 2 N–H and O–H groups in total. The van der Waals surface area contributed by atoms with Gasteiger partial charge in [0.15, 0.2) is 6.61 Å². The van der Waals surface area contributed by atoms with E-state index in [4.69, 9.17) is 16.3 Å². The molecular formula is C19H17ClN2O4. The minimum absolute atomic E-state index is 0.393. The summed E-state index contributed by atoms with van der Waals surface area (Å²) >= 11 is 6.00. The molecule has 0 radical (unpaired) electrons. The van der Waals surface area contributed by atoms with E-state index in [0.717, 1.165) is 11.1 Å². The van der Waals surface area contributed by atoms with Crippen LogP contribution in [0.5, 0.6) is 0 Å². The number of carbonyl (C=O) groups is 3. The molecule has 0 saturated heterocycles. The van der Waals surface area contributed by atoms with Gasteiger partial charge < -0.3 is 4.74 Å². The predicted octanol–water partition coefficient (Wildman–Crippen LogP) is 2.67. The number of benzene rings is 2. The Morgan fingerprint density at radius 2 is 1.81 bits per heavy atom. The summed E-state index contributed by atoms with van der Waals surface area (Å²) in [4.78, 5) is 35.0. The van der Waals surface area contributed by atoms with E-state index in [2.05, 4.69) is 10.9 Å². The van der Waals surface area contributed by atoms with Crippen molar-refractivity contribution >= 4 is 35.5 Å². The second-order valence-electron chi connectivity index (χ2n) is 5.32. The molecule has 0 atom stereocenters. The summed E-state index contributed by atoms with van der Waals surface area (Å²) in [7, 11) is 0. The van der Waals surface area contributed by atoms with E-state index in [0.29, 0.717) is 10.6 Å². The van der Waals surface area contributed by atoms with Gasteiger partial charge in [-0.1, -0.05) is 41.9 Å². The molecule has 0 unspecified atom stereocenters. The van der Waals surface area contributed by atoms with Gasteiger partial charge in [0.25, 0.3) is 11.8 Å². The Kier molecular flexibility index (Phi) is 6.93. The number of nitrogens with one attached hydrogen (secondary N) is 2. The summed E-state index contributed by atoms with van der Waals surface area (Å²) in [6.07, 6.45) is 2.72. The topological polar surface area (TPSA) is 84.5 Å². The lowest BCUT2D eigenvalue weighted by molar-refractivity contribution is -0.144. The Balaban J connectivity index is 1.74. The zero-order valence-corrected chi connectivity index (χ0v) is 14.7. The van der Waals surface area contributed by atoms with Crippen molar-refractivity contribution in [2.24, 2.45) is 0 Å². The van der Waals surface area contributed by atoms with Gasteiger partial charge in [0.05, 0.1) is 0 Å². The lowest BCUT2D eigenvalue weighted by Gasteiger charge is -2.07. The normalized spacial score (nSPS) is 10.4. The standard InChI is InChI=1S/C19H17ClN2O4/c1-13-7-8-14(11-16(13)20)9-10-18(24)26-12-17(23)21-22-19(25)15-5-3-2-4-6-15/h2-11H,12H2,1H3,(H,21,23)(H,22,25)/b10-9+.